The van der Waals surface area contributed by atoms with Crippen LogP contribution in [0, 0.1) is 13.8 Å². The minimum Gasteiger partial charge on any atom is -0.492 e. The van der Waals surface area contributed by atoms with E-state index in [2.05, 4.69) is 4.98 Å². The predicted molar refractivity (Wildman–Crippen MR) is 71.8 cm³/mol. The van der Waals surface area contributed by atoms with Gasteiger partial charge in [0, 0.05) is 11.8 Å². The number of nitrogens with zero attached hydrogens (tertiary/aromatic N) is 2. The van der Waals surface area contributed by atoms with Gasteiger partial charge < -0.3 is 5.11 Å². The molecule has 3 nitrogen and oxygen atoms in total. The van der Waals surface area contributed by atoms with Crippen molar-refractivity contribution in [2.24, 2.45) is 0 Å². The Bertz CT molecular complexity index is 711. The van der Waals surface area contributed by atoms with Crippen molar-refractivity contribution in [3.63, 3.8) is 0 Å². The van der Waals surface area contributed by atoms with E-state index in [9.17, 15) is 5.11 Å². The zero-order chi connectivity index (χ0) is 12.7. The summed E-state index contributed by atoms with van der Waals surface area (Å²) in [6.45, 7) is 4.05. The van der Waals surface area contributed by atoms with Gasteiger partial charge in [-0.15, -0.1) is 0 Å². The van der Waals surface area contributed by atoms with Crippen molar-refractivity contribution in [2.75, 3.05) is 0 Å². The highest BCUT2D eigenvalue weighted by molar-refractivity contribution is 5.70. The molecule has 0 aliphatic heterocycles. The van der Waals surface area contributed by atoms with Crippen LogP contribution in [0.1, 0.15) is 11.1 Å². The van der Waals surface area contributed by atoms with Crippen LogP contribution in [0.15, 0.2) is 42.6 Å². The lowest BCUT2D eigenvalue weighted by Gasteiger charge is -2.03. The summed E-state index contributed by atoms with van der Waals surface area (Å²) in [4.78, 5) is 4.19. The second kappa shape index (κ2) is 3.88. The average Bonchev–Trinajstić information content (AvgIpc) is 2.65. The van der Waals surface area contributed by atoms with Gasteiger partial charge in [-0.3, -0.25) is 4.40 Å². The number of hydrogen-bond acceptors (Lipinski definition) is 2. The van der Waals surface area contributed by atoms with Crippen molar-refractivity contribution in [3.05, 3.63) is 53.7 Å². The molecule has 0 spiro atoms. The number of aromatic hydroxyl groups is 1. The molecule has 0 aliphatic rings. The fraction of sp³-hybridized carbons (Fsp3) is 0.133. The fourth-order valence-corrected chi connectivity index (χ4v) is 2.11. The van der Waals surface area contributed by atoms with Crippen molar-refractivity contribution in [3.8, 4) is 17.1 Å². The summed E-state index contributed by atoms with van der Waals surface area (Å²) in [5.41, 5.74) is 4.80. The Labute approximate surface area is 105 Å². The molecule has 90 valence electrons. The van der Waals surface area contributed by atoms with E-state index in [-0.39, 0.29) is 5.88 Å². The van der Waals surface area contributed by atoms with E-state index in [4.69, 9.17) is 0 Å². The Morgan fingerprint density at radius 3 is 2.44 bits per heavy atom. The van der Waals surface area contributed by atoms with Gasteiger partial charge in [0.2, 0.25) is 5.88 Å². The Hall–Kier alpha value is -2.29. The number of hydrogen-bond donors (Lipinski definition) is 1. The van der Waals surface area contributed by atoms with Crippen molar-refractivity contribution in [2.45, 2.75) is 13.8 Å². The minimum atomic E-state index is 0.0736. The lowest BCUT2D eigenvalue weighted by atomic mass is 10.1. The summed E-state index contributed by atoms with van der Waals surface area (Å²) in [6, 6.07) is 12.0. The van der Waals surface area contributed by atoms with E-state index in [1.165, 1.54) is 5.56 Å². The summed E-state index contributed by atoms with van der Waals surface area (Å²) in [5, 5.41) is 10.0. The maximum Gasteiger partial charge on any atom is 0.238 e. The highest BCUT2D eigenvalue weighted by Crippen LogP contribution is 2.30. The molecular formula is C15H14N2O. The van der Waals surface area contributed by atoms with Crippen molar-refractivity contribution < 1.29 is 5.11 Å². The third kappa shape index (κ3) is 1.64. The highest BCUT2D eigenvalue weighted by Gasteiger charge is 2.12. The average molecular weight is 238 g/mol. The quantitative estimate of drug-likeness (QED) is 0.706. The van der Waals surface area contributed by atoms with Crippen molar-refractivity contribution in [1.29, 1.82) is 0 Å². The number of imidazole rings is 1. The third-order valence-electron chi connectivity index (χ3n) is 3.09. The molecule has 3 aromatic rings. The molecule has 1 N–H and O–H groups in total. The first-order chi connectivity index (χ1) is 8.65. The van der Waals surface area contributed by atoms with E-state index < -0.39 is 0 Å². The summed E-state index contributed by atoms with van der Waals surface area (Å²) >= 11 is 0. The van der Waals surface area contributed by atoms with E-state index in [1.807, 2.05) is 60.8 Å². The largest absolute Gasteiger partial charge is 0.492 e. The van der Waals surface area contributed by atoms with Gasteiger partial charge in [-0.25, -0.2) is 0 Å². The molecule has 0 amide bonds. The molecule has 18 heavy (non-hydrogen) atoms. The first-order valence-corrected chi connectivity index (χ1v) is 5.90. The minimum absolute atomic E-state index is 0.0736. The van der Waals surface area contributed by atoms with Crippen LogP contribution >= 0.6 is 0 Å². The summed E-state index contributed by atoms with van der Waals surface area (Å²) in [7, 11) is 0. The van der Waals surface area contributed by atoms with E-state index >= 15 is 0 Å². The molecule has 1 aromatic carbocycles. The van der Waals surface area contributed by atoms with Gasteiger partial charge in [0.05, 0.1) is 0 Å². The Kier molecular flexibility index (Phi) is 2.33. The molecule has 3 heteroatoms. The summed E-state index contributed by atoms with van der Waals surface area (Å²) in [6.07, 6.45) is 1.94. The molecule has 0 saturated heterocycles. The molecule has 0 radical (unpaired) electrons. The lowest BCUT2D eigenvalue weighted by Crippen LogP contribution is -1.88. The normalized spacial score (nSPS) is 11.0. The van der Waals surface area contributed by atoms with E-state index in [0.717, 1.165) is 22.5 Å². The summed E-state index contributed by atoms with van der Waals surface area (Å²) in [5.74, 6) is 0.0736. The van der Waals surface area contributed by atoms with Gasteiger partial charge in [0.25, 0.3) is 0 Å². The molecule has 0 aliphatic carbocycles. The first kappa shape index (κ1) is 10.8. The monoisotopic (exact) mass is 238 g/mol. The van der Waals surface area contributed by atoms with Crippen LogP contribution in [0.2, 0.25) is 0 Å². The van der Waals surface area contributed by atoms with Gasteiger partial charge in [0.1, 0.15) is 11.3 Å². The van der Waals surface area contributed by atoms with Gasteiger partial charge in [0.15, 0.2) is 0 Å². The second-order valence-electron chi connectivity index (χ2n) is 4.58. The van der Waals surface area contributed by atoms with Gasteiger partial charge >= 0.3 is 0 Å². The Balaban J connectivity index is 2.28. The number of aromatic nitrogens is 2. The zero-order valence-electron chi connectivity index (χ0n) is 10.4. The zero-order valence-corrected chi connectivity index (χ0v) is 10.4. The molecule has 0 fully saturated rings. The predicted octanol–water partition coefficient (Wildman–Crippen LogP) is 3.32. The van der Waals surface area contributed by atoms with E-state index in [0.29, 0.717) is 0 Å². The molecule has 0 bridgehead atoms. The number of fused-ring (bicyclic) bond motifs is 1. The van der Waals surface area contributed by atoms with Crippen molar-refractivity contribution in [1.82, 2.24) is 9.38 Å². The van der Waals surface area contributed by atoms with Crippen LogP contribution in [0.3, 0.4) is 0 Å². The Morgan fingerprint density at radius 1 is 1.00 bits per heavy atom. The third-order valence-corrected chi connectivity index (χ3v) is 3.09. The van der Waals surface area contributed by atoms with Gasteiger partial charge in [-0.2, -0.15) is 4.98 Å². The molecule has 0 atom stereocenters. The van der Waals surface area contributed by atoms with Crippen LogP contribution in [-0.2, 0) is 0 Å². The SMILES string of the molecule is Cc1ccc(-c2c(O)nc3cc(C)ccn23)cc1. The molecular weight excluding hydrogens is 224 g/mol. The molecule has 0 unspecified atom stereocenters. The molecule has 2 heterocycles. The van der Waals surface area contributed by atoms with Crippen molar-refractivity contribution >= 4 is 5.65 Å². The second-order valence-corrected chi connectivity index (χ2v) is 4.58. The van der Waals surface area contributed by atoms with Gasteiger partial charge in [-0.05, 0) is 31.5 Å². The van der Waals surface area contributed by atoms with Crippen LogP contribution in [0.25, 0.3) is 16.9 Å². The number of aryl methyl sites for hydroxylation is 2. The highest BCUT2D eigenvalue weighted by atomic mass is 16.3. The van der Waals surface area contributed by atoms with Crippen LogP contribution in [-0.4, -0.2) is 14.5 Å². The van der Waals surface area contributed by atoms with Crippen LogP contribution in [0.4, 0.5) is 0 Å². The molecule has 2 aromatic heterocycles. The van der Waals surface area contributed by atoms with Crippen LogP contribution in [0.5, 0.6) is 5.88 Å². The molecule has 3 rings (SSSR count). The molecule has 0 saturated carbocycles. The Morgan fingerprint density at radius 2 is 1.72 bits per heavy atom. The lowest BCUT2D eigenvalue weighted by molar-refractivity contribution is 0.459. The standard InChI is InChI=1S/C15H14N2O/c1-10-3-5-12(6-4-10)14-15(18)16-13-9-11(2)7-8-17(13)14/h3-9,18H,1-2H3. The first-order valence-electron chi connectivity index (χ1n) is 5.90. The smallest absolute Gasteiger partial charge is 0.238 e. The van der Waals surface area contributed by atoms with E-state index in [1.54, 1.807) is 0 Å². The number of pyridine rings is 1. The summed E-state index contributed by atoms with van der Waals surface area (Å²) < 4.78 is 1.91. The maximum absolute atomic E-state index is 10.0. The van der Waals surface area contributed by atoms with Crippen LogP contribution < -0.4 is 0 Å². The maximum atomic E-state index is 10.0. The topological polar surface area (TPSA) is 37.5 Å². The number of benzene rings is 1. The number of rotatable bonds is 1. The fourth-order valence-electron chi connectivity index (χ4n) is 2.11. The van der Waals surface area contributed by atoms with Gasteiger partial charge in [-0.1, -0.05) is 29.8 Å².